The van der Waals surface area contributed by atoms with E-state index in [2.05, 4.69) is 11.4 Å². The van der Waals surface area contributed by atoms with Crippen LogP contribution in [0.1, 0.15) is 6.92 Å². The Morgan fingerprint density at radius 1 is 1.59 bits per heavy atom. The Morgan fingerprint density at radius 2 is 2.35 bits per heavy atom. The molecule has 17 heavy (non-hydrogen) atoms. The monoisotopic (exact) mass is 247 g/mol. The van der Waals surface area contributed by atoms with Crippen LogP contribution in [-0.2, 0) is 4.79 Å². The van der Waals surface area contributed by atoms with Crippen LogP contribution in [0.15, 0.2) is 23.1 Å². The minimum atomic E-state index is -0.194. The van der Waals surface area contributed by atoms with Crippen LogP contribution in [-0.4, -0.2) is 24.7 Å². The number of nitriles is 1. The summed E-state index contributed by atoms with van der Waals surface area (Å²) in [5.41, 5.74) is 1.77. The number of hydrogen-bond acceptors (Lipinski definition) is 4. The third-order valence-corrected chi connectivity index (χ3v) is 3.84. The number of thioether (sulfide) groups is 1. The maximum absolute atomic E-state index is 11.3. The Morgan fingerprint density at radius 3 is 3.06 bits per heavy atom. The number of carbonyl (C=O) groups excluding carboxylic acids is 1. The highest BCUT2D eigenvalue weighted by molar-refractivity contribution is 8.00. The van der Waals surface area contributed by atoms with E-state index in [1.807, 2.05) is 37.1 Å². The van der Waals surface area contributed by atoms with Crippen molar-refractivity contribution in [1.29, 1.82) is 5.26 Å². The molecule has 1 unspecified atom stereocenters. The summed E-state index contributed by atoms with van der Waals surface area (Å²) in [6.45, 7) is 1.84. The maximum atomic E-state index is 11.3. The summed E-state index contributed by atoms with van der Waals surface area (Å²) in [6.07, 6.45) is 0. The average molecular weight is 247 g/mol. The number of nitrogens with one attached hydrogen (secondary N) is 1. The molecule has 0 fully saturated rings. The molecule has 1 amide bonds. The molecule has 0 spiro atoms. The highest BCUT2D eigenvalue weighted by atomic mass is 32.2. The molecule has 1 N–H and O–H groups in total. The normalized spacial score (nSPS) is 15.5. The molecule has 1 aromatic rings. The number of hydrogen-bond donors (Lipinski definition) is 1. The van der Waals surface area contributed by atoms with Crippen molar-refractivity contribution < 1.29 is 4.79 Å². The molecule has 1 aliphatic rings. The zero-order chi connectivity index (χ0) is 12.4. The van der Waals surface area contributed by atoms with Crippen LogP contribution in [0.25, 0.3) is 0 Å². The first-order valence-electron chi connectivity index (χ1n) is 5.31. The Balaban J connectivity index is 2.30. The van der Waals surface area contributed by atoms with Crippen molar-refractivity contribution in [3.8, 4) is 6.07 Å². The van der Waals surface area contributed by atoms with Gasteiger partial charge in [-0.05, 0) is 25.1 Å². The lowest BCUT2D eigenvalue weighted by Crippen LogP contribution is -2.27. The lowest BCUT2D eigenvalue weighted by atomic mass is 10.2. The van der Waals surface area contributed by atoms with Crippen molar-refractivity contribution >= 4 is 29.0 Å². The van der Waals surface area contributed by atoms with E-state index in [1.165, 1.54) is 11.8 Å². The first-order valence-corrected chi connectivity index (χ1v) is 6.29. The zero-order valence-electron chi connectivity index (χ0n) is 9.73. The van der Waals surface area contributed by atoms with E-state index < -0.39 is 0 Å². The number of carbonyl (C=O) groups is 1. The minimum Gasteiger partial charge on any atom is -0.359 e. The first kappa shape index (κ1) is 11.8. The second-order valence-corrected chi connectivity index (χ2v) is 4.95. The second-order valence-electron chi connectivity index (χ2n) is 3.93. The molecule has 0 aliphatic carbocycles. The van der Waals surface area contributed by atoms with E-state index in [9.17, 15) is 4.79 Å². The molecule has 0 saturated heterocycles. The molecule has 1 heterocycles. The minimum absolute atomic E-state index is 0.0237. The van der Waals surface area contributed by atoms with E-state index in [4.69, 9.17) is 5.26 Å². The van der Waals surface area contributed by atoms with Crippen LogP contribution in [0, 0.1) is 11.3 Å². The number of amides is 1. The van der Waals surface area contributed by atoms with Crippen LogP contribution in [0.5, 0.6) is 0 Å². The number of rotatable bonds is 2. The van der Waals surface area contributed by atoms with Gasteiger partial charge in [0.15, 0.2) is 0 Å². The quantitative estimate of drug-likeness (QED) is 0.869. The van der Waals surface area contributed by atoms with E-state index in [0.717, 1.165) is 16.3 Å². The maximum Gasteiger partial charge on any atom is 0.234 e. The van der Waals surface area contributed by atoms with Crippen LogP contribution in [0.2, 0.25) is 0 Å². The number of anilines is 2. The molecule has 5 heteroatoms. The van der Waals surface area contributed by atoms with Crippen molar-refractivity contribution in [3.05, 3.63) is 18.2 Å². The summed E-state index contributed by atoms with van der Waals surface area (Å²) in [5.74, 6) is 0.493. The smallest absolute Gasteiger partial charge is 0.234 e. The third-order valence-electron chi connectivity index (χ3n) is 2.77. The zero-order valence-corrected chi connectivity index (χ0v) is 10.5. The van der Waals surface area contributed by atoms with Crippen LogP contribution < -0.4 is 10.2 Å². The van der Waals surface area contributed by atoms with Gasteiger partial charge in [-0.3, -0.25) is 4.79 Å². The van der Waals surface area contributed by atoms with Crippen LogP contribution in [0.3, 0.4) is 0 Å². The molecule has 0 aromatic heterocycles. The Labute approximate surface area is 105 Å². The van der Waals surface area contributed by atoms with Gasteiger partial charge in [-0.15, -0.1) is 11.8 Å². The molecular formula is C12H13N3OS. The molecule has 88 valence electrons. The average Bonchev–Trinajstić information content (AvgIpc) is 2.36. The molecule has 2 rings (SSSR count). The molecule has 0 saturated carbocycles. The summed E-state index contributed by atoms with van der Waals surface area (Å²) in [6, 6.07) is 7.85. The predicted molar refractivity (Wildman–Crippen MR) is 69.3 cm³/mol. The largest absolute Gasteiger partial charge is 0.359 e. The highest BCUT2D eigenvalue weighted by Gasteiger charge is 2.17. The highest BCUT2D eigenvalue weighted by Crippen LogP contribution is 2.34. The van der Waals surface area contributed by atoms with Crippen LogP contribution >= 0.6 is 11.8 Å². The molecule has 4 nitrogen and oxygen atoms in total. The van der Waals surface area contributed by atoms with Crippen molar-refractivity contribution in [2.24, 2.45) is 0 Å². The van der Waals surface area contributed by atoms with Crippen molar-refractivity contribution in [2.75, 3.05) is 23.0 Å². The molecule has 0 radical (unpaired) electrons. The summed E-state index contributed by atoms with van der Waals surface area (Å²) in [7, 11) is 1.87. The lowest BCUT2D eigenvalue weighted by Gasteiger charge is -2.24. The number of fused-ring (bicyclic) bond motifs is 1. The van der Waals surface area contributed by atoms with Gasteiger partial charge in [0.2, 0.25) is 5.91 Å². The van der Waals surface area contributed by atoms with Gasteiger partial charge < -0.3 is 10.2 Å². The van der Waals surface area contributed by atoms with E-state index >= 15 is 0 Å². The third kappa shape index (κ3) is 2.37. The summed E-state index contributed by atoms with van der Waals surface area (Å²) < 4.78 is 0. The van der Waals surface area contributed by atoms with Gasteiger partial charge in [-0.2, -0.15) is 5.26 Å². The SMILES string of the molecule is CC(C#N)N(C)c1ccc2c(c1)NC(=O)CS2. The fourth-order valence-electron chi connectivity index (χ4n) is 1.60. The van der Waals surface area contributed by atoms with Gasteiger partial charge in [-0.25, -0.2) is 0 Å². The summed E-state index contributed by atoms with van der Waals surface area (Å²) in [5, 5.41) is 11.7. The second kappa shape index (κ2) is 4.68. The fraction of sp³-hybridized carbons (Fsp3) is 0.333. The van der Waals surface area contributed by atoms with Gasteiger partial charge in [0, 0.05) is 17.6 Å². The van der Waals surface area contributed by atoms with Gasteiger partial charge in [-0.1, -0.05) is 0 Å². The predicted octanol–water partition coefficient (Wildman–Crippen LogP) is 2.08. The standard InChI is InChI=1S/C12H13N3OS/c1-8(6-13)15(2)9-3-4-11-10(5-9)14-12(16)7-17-11/h3-5,8H,7H2,1-2H3,(H,14,16). The van der Waals surface area contributed by atoms with Gasteiger partial charge in [0.25, 0.3) is 0 Å². The number of benzene rings is 1. The first-order chi connectivity index (χ1) is 8.11. The Hall–Kier alpha value is -1.67. The van der Waals surface area contributed by atoms with Crippen molar-refractivity contribution in [2.45, 2.75) is 17.9 Å². The lowest BCUT2D eigenvalue weighted by molar-refractivity contribution is -0.113. The molecule has 1 aliphatic heterocycles. The molecular weight excluding hydrogens is 234 g/mol. The number of nitrogens with zero attached hydrogens (tertiary/aromatic N) is 2. The summed E-state index contributed by atoms with van der Waals surface area (Å²) in [4.78, 5) is 14.3. The van der Waals surface area contributed by atoms with Crippen LogP contribution in [0.4, 0.5) is 11.4 Å². The van der Waals surface area contributed by atoms with E-state index in [0.29, 0.717) is 5.75 Å². The Bertz CT molecular complexity index is 495. The van der Waals surface area contributed by atoms with Gasteiger partial charge in [0.05, 0.1) is 17.5 Å². The van der Waals surface area contributed by atoms with Crippen molar-refractivity contribution in [1.82, 2.24) is 0 Å². The summed E-state index contributed by atoms with van der Waals surface area (Å²) >= 11 is 1.54. The van der Waals surface area contributed by atoms with Gasteiger partial charge >= 0.3 is 0 Å². The van der Waals surface area contributed by atoms with E-state index in [1.54, 1.807) is 0 Å². The van der Waals surface area contributed by atoms with E-state index in [-0.39, 0.29) is 11.9 Å². The molecule has 1 atom stereocenters. The van der Waals surface area contributed by atoms with Gasteiger partial charge in [0.1, 0.15) is 6.04 Å². The Kier molecular flexibility index (Phi) is 3.25. The molecule has 0 bridgehead atoms. The molecule has 1 aromatic carbocycles. The van der Waals surface area contributed by atoms with Crippen molar-refractivity contribution in [3.63, 3.8) is 0 Å². The topological polar surface area (TPSA) is 56.1 Å². The fourth-order valence-corrected chi connectivity index (χ4v) is 2.39.